The molecule has 0 aromatic heterocycles. The highest BCUT2D eigenvalue weighted by Crippen LogP contribution is 2.19. The molecule has 0 N–H and O–H groups in total. The monoisotopic (exact) mass is 308 g/mol. The predicted molar refractivity (Wildman–Crippen MR) is 74.9 cm³/mol. The van der Waals surface area contributed by atoms with E-state index in [1.807, 2.05) is 0 Å². The van der Waals surface area contributed by atoms with Gasteiger partial charge in [0.1, 0.15) is 0 Å². The summed E-state index contributed by atoms with van der Waals surface area (Å²) in [6, 6.07) is 13.4. The van der Waals surface area contributed by atoms with Crippen LogP contribution in [0.3, 0.4) is 0 Å². The summed E-state index contributed by atoms with van der Waals surface area (Å²) in [6.45, 7) is 2.33. The Balaban J connectivity index is 2.44. The topological polar surface area (TPSA) is 0 Å². The zero-order valence-electron chi connectivity index (χ0n) is 8.70. The third-order valence-corrected chi connectivity index (χ3v) is 6.38. The lowest BCUT2D eigenvalue weighted by atomic mass is 10.1. The Morgan fingerprint density at radius 1 is 1.13 bits per heavy atom. The molecular weight excluding hydrogens is 295 g/mol. The fourth-order valence-corrected chi connectivity index (χ4v) is 4.78. The van der Waals surface area contributed by atoms with Gasteiger partial charge in [0.05, 0.1) is 0 Å². The summed E-state index contributed by atoms with van der Waals surface area (Å²) in [7, 11) is 0. The number of fused-ring (bicyclic) bond motifs is 2. The van der Waals surface area contributed by atoms with E-state index in [-0.39, 0.29) is 20.7 Å². The second-order valence-electron chi connectivity index (χ2n) is 4.15. The van der Waals surface area contributed by atoms with E-state index in [4.69, 9.17) is 0 Å². The van der Waals surface area contributed by atoms with Gasteiger partial charge in [0.15, 0.2) is 0 Å². The number of hydrogen-bond acceptors (Lipinski definition) is 0. The van der Waals surface area contributed by atoms with Crippen LogP contribution in [0.5, 0.6) is 0 Å². The zero-order valence-corrected chi connectivity index (χ0v) is 10.9. The number of hydrogen-bond donors (Lipinski definition) is 0. The molecule has 0 aliphatic carbocycles. The molecule has 0 amide bonds. The van der Waals surface area contributed by atoms with Gasteiger partial charge >= 0.3 is 0 Å². The van der Waals surface area contributed by atoms with Gasteiger partial charge in [0.2, 0.25) is 0 Å². The van der Waals surface area contributed by atoms with Crippen LogP contribution in [-0.4, -0.2) is 4.43 Å². The van der Waals surface area contributed by atoms with Gasteiger partial charge in [-0.05, 0) is 34.0 Å². The van der Waals surface area contributed by atoms with Gasteiger partial charge in [-0.2, -0.15) is 0 Å². The molecule has 1 aliphatic rings. The van der Waals surface area contributed by atoms with Crippen molar-refractivity contribution in [1.29, 1.82) is 0 Å². The minimum Gasteiger partial charge on any atom is -0.113 e. The van der Waals surface area contributed by atoms with Gasteiger partial charge in [0.25, 0.3) is 0 Å². The van der Waals surface area contributed by atoms with Gasteiger partial charge in [-0.25, -0.2) is 0 Å². The highest BCUT2D eigenvalue weighted by molar-refractivity contribution is 14.2. The summed E-state index contributed by atoms with van der Waals surface area (Å²) >= 11 is 0.249. The van der Waals surface area contributed by atoms with E-state index in [0.717, 1.165) is 5.92 Å². The van der Waals surface area contributed by atoms with Crippen molar-refractivity contribution in [2.24, 2.45) is 5.92 Å². The molecule has 1 aliphatic heterocycles. The molecule has 2 aromatic carbocycles. The van der Waals surface area contributed by atoms with Crippen molar-refractivity contribution in [1.82, 2.24) is 0 Å². The summed E-state index contributed by atoms with van der Waals surface area (Å²) in [5, 5.41) is 4.28. The minimum absolute atomic E-state index is 0.249. The molecule has 0 fully saturated rings. The lowest BCUT2D eigenvalue weighted by Crippen LogP contribution is -2.09. The van der Waals surface area contributed by atoms with Crippen LogP contribution in [0.4, 0.5) is 0 Å². The van der Waals surface area contributed by atoms with Crippen LogP contribution in [0.2, 0.25) is 0 Å². The van der Waals surface area contributed by atoms with Crippen LogP contribution in [-0.2, 0) is 0 Å². The number of benzene rings is 2. The standard InChI is InChI=1S/C14H13I/c1-10-6-13-7-11-4-2-3-5-12(11)8-14(13)15-9-10/h2-8,10H,9H2,1H3. The third-order valence-electron chi connectivity index (χ3n) is 2.79. The van der Waals surface area contributed by atoms with E-state index in [0.29, 0.717) is 0 Å². The van der Waals surface area contributed by atoms with Crippen molar-refractivity contribution in [2.75, 3.05) is 4.43 Å². The first-order valence-electron chi connectivity index (χ1n) is 5.30. The van der Waals surface area contributed by atoms with Gasteiger partial charge in [-0.15, -0.1) is 20.7 Å². The Morgan fingerprint density at radius 3 is 2.67 bits per heavy atom. The molecule has 15 heavy (non-hydrogen) atoms. The first-order valence-corrected chi connectivity index (χ1v) is 7.90. The van der Waals surface area contributed by atoms with Gasteiger partial charge < -0.3 is 0 Å². The molecule has 0 saturated heterocycles. The quantitative estimate of drug-likeness (QED) is 0.516. The van der Waals surface area contributed by atoms with Crippen molar-refractivity contribution in [3.63, 3.8) is 0 Å². The summed E-state index contributed by atoms with van der Waals surface area (Å²) in [6.07, 6.45) is 2.44. The smallest absolute Gasteiger partial charge is 0.0114 e. The molecule has 0 saturated carbocycles. The normalized spacial score (nSPS) is 19.7. The molecule has 1 heterocycles. The molecule has 0 nitrogen and oxygen atoms in total. The Labute approximate surface area is 99.4 Å². The maximum Gasteiger partial charge on any atom is 0.0114 e. The molecular formula is C14H13I. The van der Waals surface area contributed by atoms with Crippen LogP contribution in [0, 0.1) is 9.07 Å². The van der Waals surface area contributed by atoms with E-state index < -0.39 is 0 Å². The Hall–Kier alpha value is -0.700. The van der Waals surface area contributed by atoms with E-state index in [1.165, 1.54) is 20.4 Å². The summed E-state index contributed by atoms with van der Waals surface area (Å²) in [4.78, 5) is 0. The lowest BCUT2D eigenvalue weighted by Gasteiger charge is -2.07. The Bertz CT molecular complexity index is 625. The van der Waals surface area contributed by atoms with Crippen LogP contribution >= 0.6 is 20.7 Å². The minimum atomic E-state index is 0.249. The molecule has 0 bridgehead atoms. The van der Waals surface area contributed by atoms with Gasteiger partial charge in [0, 0.05) is 7.58 Å². The Kier molecular flexibility index (Phi) is 2.35. The highest BCUT2D eigenvalue weighted by Gasteiger charge is 2.02. The molecule has 1 unspecified atom stereocenters. The molecule has 76 valence electrons. The maximum absolute atomic E-state index is 2.44. The molecule has 3 rings (SSSR count). The average molecular weight is 308 g/mol. The van der Waals surface area contributed by atoms with Crippen molar-refractivity contribution in [3.8, 4) is 0 Å². The second kappa shape index (κ2) is 3.71. The maximum atomic E-state index is 2.44. The van der Waals surface area contributed by atoms with Crippen molar-refractivity contribution in [3.05, 3.63) is 44.8 Å². The zero-order chi connectivity index (χ0) is 10.3. The molecule has 1 heteroatoms. The number of halogens is 1. The van der Waals surface area contributed by atoms with Gasteiger partial charge in [-0.1, -0.05) is 37.3 Å². The summed E-state index contributed by atoms with van der Waals surface area (Å²) < 4.78 is 3.04. The summed E-state index contributed by atoms with van der Waals surface area (Å²) in [5.74, 6) is 0.784. The van der Waals surface area contributed by atoms with Crippen LogP contribution in [0.1, 0.15) is 6.92 Å². The highest BCUT2D eigenvalue weighted by atomic mass is 127. The lowest BCUT2D eigenvalue weighted by molar-refractivity contribution is 0.911. The number of rotatable bonds is 0. The Morgan fingerprint density at radius 2 is 1.87 bits per heavy atom. The van der Waals surface area contributed by atoms with E-state index in [1.54, 1.807) is 3.15 Å². The largest absolute Gasteiger partial charge is 0.113 e. The SMILES string of the molecule is CC1C=c2cc3ccccc3cc2=IC1. The van der Waals surface area contributed by atoms with Crippen molar-refractivity contribution in [2.45, 2.75) is 6.92 Å². The van der Waals surface area contributed by atoms with E-state index >= 15 is 0 Å². The second-order valence-corrected chi connectivity index (χ2v) is 6.96. The summed E-state index contributed by atoms with van der Waals surface area (Å²) in [5.41, 5.74) is 0. The fourth-order valence-electron chi connectivity index (χ4n) is 2.03. The van der Waals surface area contributed by atoms with Gasteiger partial charge in [-0.3, -0.25) is 0 Å². The fraction of sp³-hybridized carbons (Fsp3) is 0.214. The molecule has 0 radical (unpaired) electrons. The molecule has 0 spiro atoms. The van der Waals surface area contributed by atoms with Crippen LogP contribution in [0.25, 0.3) is 16.8 Å². The molecule has 2 aromatic rings. The number of alkyl halides is 1. The first kappa shape index (κ1) is 9.52. The third kappa shape index (κ3) is 1.73. The van der Waals surface area contributed by atoms with Crippen molar-refractivity contribution < 1.29 is 0 Å². The van der Waals surface area contributed by atoms with E-state index in [2.05, 4.69) is 49.4 Å². The van der Waals surface area contributed by atoms with Crippen LogP contribution < -0.4 is 5.22 Å². The molecule has 1 atom stereocenters. The average Bonchev–Trinajstić information content (AvgIpc) is 2.26. The first-order chi connectivity index (χ1) is 7.33. The van der Waals surface area contributed by atoms with E-state index in [9.17, 15) is 0 Å². The predicted octanol–water partition coefficient (Wildman–Crippen LogP) is 3.49. The van der Waals surface area contributed by atoms with Crippen molar-refractivity contribution >= 4 is 37.6 Å². The van der Waals surface area contributed by atoms with Crippen LogP contribution in [0.15, 0.2) is 36.4 Å².